The van der Waals surface area contributed by atoms with Crippen LogP contribution in [0.15, 0.2) is 256 Å². The summed E-state index contributed by atoms with van der Waals surface area (Å²) in [6.45, 7) is 0. The number of nitrogens with zero attached hydrogens (tertiary/aromatic N) is 5. The third-order valence-corrected chi connectivity index (χ3v) is 14.3. The third-order valence-electron chi connectivity index (χ3n) is 14.3. The Kier molecular flexibility index (Phi) is 12.7. The first-order chi connectivity index (χ1) is 36.6. The van der Waals surface area contributed by atoms with Crippen molar-refractivity contribution >= 4 is 32.8 Å². The number of hydrogen-bond acceptors (Lipinski definition) is 3. The molecule has 0 aliphatic carbocycles. The van der Waals surface area contributed by atoms with Crippen molar-refractivity contribution in [3.8, 4) is 100 Å². The van der Waals surface area contributed by atoms with Crippen LogP contribution in [0.3, 0.4) is 0 Å². The van der Waals surface area contributed by atoms with Gasteiger partial charge in [0.1, 0.15) is 0 Å². The summed E-state index contributed by atoms with van der Waals surface area (Å²) in [5.74, 6) is 0. The van der Waals surface area contributed by atoms with E-state index in [1.807, 2.05) is 45.9 Å². The molecule has 0 spiro atoms. The normalized spacial score (nSPS) is 11.2. The van der Waals surface area contributed by atoms with E-state index in [2.05, 4.69) is 247 Å². The van der Waals surface area contributed by atoms with Crippen LogP contribution in [0.1, 0.15) is 0 Å². The SMILES string of the molecule is [CH3-].[Ir].[c-]1cc(-c2ccccc2-c2cc(-c3ccccc3-c3c[c-]c4c(ccn5ccnc45)c3)cc(-c3ccccc3-c3c[c-]c4c(ccn5ccnc45)c3)c2)ccc1-c1cc(-c2ccc(-c3ccccc3)cc2)ccn1. The van der Waals surface area contributed by atoms with Crippen LogP contribution in [-0.2, 0) is 20.1 Å². The molecule has 363 valence electrons. The fourth-order valence-electron chi connectivity index (χ4n) is 10.6. The van der Waals surface area contributed by atoms with Crippen LogP contribution in [0.2, 0.25) is 0 Å². The molecule has 0 bridgehead atoms. The average molecular weight is 1150 g/mol. The summed E-state index contributed by atoms with van der Waals surface area (Å²) in [5.41, 5.74) is 21.6. The molecular formula is C70H45IrN5-4. The average Bonchev–Trinajstić information content (AvgIpc) is 4.19. The van der Waals surface area contributed by atoms with Gasteiger partial charge in [0.2, 0.25) is 0 Å². The van der Waals surface area contributed by atoms with E-state index >= 15 is 0 Å². The molecular weight excluding hydrogens is 1100 g/mol. The second-order valence-electron chi connectivity index (χ2n) is 18.7. The molecule has 0 saturated carbocycles. The number of hydrogen-bond donors (Lipinski definition) is 0. The molecule has 76 heavy (non-hydrogen) atoms. The maximum absolute atomic E-state index is 4.81. The van der Waals surface area contributed by atoms with Crippen LogP contribution in [0.4, 0.5) is 0 Å². The standard InChI is InChI=1S/C69H42N5.CH3.Ir/c1-2-10-46(11-3-1)47-18-20-48(21-19-47)51-30-33-70-67(45-51)50-24-22-49(23-25-50)59-12-4-7-15-62(59)56-42-57(63-16-8-5-13-60(63)52-26-28-65-54(40-52)31-36-73-38-34-71-68(65)73)44-58(43-56)64-17-9-6-14-61(64)53-27-29-66-55(41-53)32-37-74-39-35-72-69(66)74;;/h1-24,26-27,30-45H;1H3;/q-3;-1;. The van der Waals surface area contributed by atoms with E-state index in [0.29, 0.717) is 0 Å². The number of aromatic nitrogens is 5. The molecule has 5 aromatic heterocycles. The second kappa shape index (κ2) is 20.2. The van der Waals surface area contributed by atoms with Crippen LogP contribution in [0.5, 0.6) is 0 Å². The molecule has 5 heterocycles. The number of benzene rings is 9. The number of pyridine rings is 3. The van der Waals surface area contributed by atoms with Gasteiger partial charge in [0.15, 0.2) is 0 Å². The molecule has 14 rings (SSSR count). The fourth-order valence-corrected chi connectivity index (χ4v) is 10.6. The fraction of sp³-hybridized carbons (Fsp3) is 0. The van der Waals surface area contributed by atoms with Gasteiger partial charge < -0.3 is 21.2 Å². The summed E-state index contributed by atoms with van der Waals surface area (Å²) >= 11 is 0. The van der Waals surface area contributed by atoms with Gasteiger partial charge in [-0.15, -0.1) is 87.8 Å². The van der Waals surface area contributed by atoms with E-state index in [1.54, 1.807) is 0 Å². The van der Waals surface area contributed by atoms with Crippen LogP contribution >= 0.6 is 0 Å². The minimum atomic E-state index is 0. The Morgan fingerprint density at radius 3 is 1.21 bits per heavy atom. The summed E-state index contributed by atoms with van der Waals surface area (Å²) in [6, 6.07) is 86.9. The van der Waals surface area contributed by atoms with Gasteiger partial charge in [0, 0.05) is 51.1 Å². The van der Waals surface area contributed by atoms with E-state index in [0.717, 1.165) is 122 Å². The van der Waals surface area contributed by atoms with Gasteiger partial charge in [-0.2, -0.15) is 0 Å². The Morgan fingerprint density at radius 1 is 0.303 bits per heavy atom. The molecule has 1 radical (unpaired) electrons. The Labute approximate surface area is 455 Å². The van der Waals surface area contributed by atoms with Crippen molar-refractivity contribution in [2.24, 2.45) is 0 Å². The molecule has 0 aliphatic heterocycles. The molecule has 0 atom stereocenters. The van der Waals surface area contributed by atoms with Gasteiger partial charge in [0.25, 0.3) is 0 Å². The zero-order valence-electron chi connectivity index (χ0n) is 41.3. The molecule has 0 unspecified atom stereocenters. The minimum Gasteiger partial charge on any atom is -0.358 e. The van der Waals surface area contributed by atoms with E-state index in [1.165, 1.54) is 11.1 Å². The molecule has 0 saturated heterocycles. The van der Waals surface area contributed by atoms with Crippen LogP contribution in [-0.4, -0.2) is 23.8 Å². The quantitative estimate of drug-likeness (QED) is 0.135. The number of rotatable bonds is 9. The minimum absolute atomic E-state index is 0. The van der Waals surface area contributed by atoms with Gasteiger partial charge in [-0.1, -0.05) is 179 Å². The Morgan fingerprint density at radius 2 is 0.724 bits per heavy atom. The zero-order chi connectivity index (χ0) is 49.0. The molecule has 5 nitrogen and oxygen atoms in total. The molecule has 14 aromatic rings. The van der Waals surface area contributed by atoms with Crippen LogP contribution in [0.25, 0.3) is 133 Å². The van der Waals surface area contributed by atoms with Gasteiger partial charge in [-0.25, -0.2) is 0 Å². The first-order valence-electron chi connectivity index (χ1n) is 24.8. The molecule has 9 aromatic carbocycles. The van der Waals surface area contributed by atoms with Gasteiger partial charge in [0.05, 0.1) is 11.3 Å². The second-order valence-corrected chi connectivity index (χ2v) is 18.7. The smallest absolute Gasteiger partial charge is 0.0603 e. The third kappa shape index (κ3) is 8.69. The predicted octanol–water partition coefficient (Wildman–Crippen LogP) is 17.5. The van der Waals surface area contributed by atoms with E-state index < -0.39 is 0 Å². The van der Waals surface area contributed by atoms with Crippen molar-refractivity contribution in [1.29, 1.82) is 0 Å². The Hall–Kier alpha value is -9.32. The van der Waals surface area contributed by atoms with Crippen molar-refractivity contribution in [3.63, 3.8) is 0 Å². The largest absolute Gasteiger partial charge is 0.358 e. The van der Waals surface area contributed by atoms with E-state index in [-0.39, 0.29) is 27.5 Å². The van der Waals surface area contributed by atoms with Crippen molar-refractivity contribution in [2.75, 3.05) is 0 Å². The topological polar surface area (TPSA) is 47.5 Å². The van der Waals surface area contributed by atoms with Gasteiger partial charge >= 0.3 is 0 Å². The maximum atomic E-state index is 4.81. The summed E-state index contributed by atoms with van der Waals surface area (Å²) < 4.78 is 4.08. The molecule has 0 amide bonds. The first kappa shape index (κ1) is 47.7. The summed E-state index contributed by atoms with van der Waals surface area (Å²) in [4.78, 5) is 14.1. The Balaban J connectivity index is 0.00000291. The Bertz CT molecular complexity index is 4250. The maximum Gasteiger partial charge on any atom is 0.0603 e. The van der Waals surface area contributed by atoms with E-state index in [9.17, 15) is 0 Å². The summed E-state index contributed by atoms with van der Waals surface area (Å²) in [7, 11) is 0. The summed E-state index contributed by atoms with van der Waals surface area (Å²) in [6.07, 6.45) is 13.6. The van der Waals surface area contributed by atoms with Crippen molar-refractivity contribution in [2.45, 2.75) is 0 Å². The van der Waals surface area contributed by atoms with Crippen LogP contribution < -0.4 is 0 Å². The van der Waals surface area contributed by atoms with Crippen LogP contribution in [0, 0.1) is 25.6 Å². The summed E-state index contributed by atoms with van der Waals surface area (Å²) in [5, 5.41) is 4.18. The van der Waals surface area contributed by atoms with Gasteiger partial charge in [-0.05, 0) is 98.0 Å². The monoisotopic (exact) mass is 1150 g/mol. The van der Waals surface area contributed by atoms with Crippen molar-refractivity contribution in [3.05, 3.63) is 281 Å². The predicted molar refractivity (Wildman–Crippen MR) is 309 cm³/mol. The zero-order valence-corrected chi connectivity index (χ0v) is 43.7. The van der Waals surface area contributed by atoms with E-state index in [4.69, 9.17) is 4.98 Å². The molecule has 0 fully saturated rings. The van der Waals surface area contributed by atoms with Crippen molar-refractivity contribution in [1.82, 2.24) is 23.8 Å². The first-order valence-corrected chi connectivity index (χ1v) is 24.8. The molecule has 0 N–H and O–H groups in total. The molecule has 0 aliphatic rings. The van der Waals surface area contributed by atoms with Gasteiger partial charge in [-0.3, -0.25) is 9.97 Å². The number of fused-ring (bicyclic) bond motifs is 6. The number of imidazole rings is 2. The van der Waals surface area contributed by atoms with Crippen molar-refractivity contribution < 1.29 is 20.1 Å². The molecule has 6 heteroatoms.